The zero-order chi connectivity index (χ0) is 18.1. The van der Waals surface area contributed by atoms with Gasteiger partial charge in [-0.3, -0.25) is 0 Å². The number of imidazole rings is 1. The molecule has 134 valence electrons. The van der Waals surface area contributed by atoms with Gasteiger partial charge in [-0.15, -0.1) is 0 Å². The Hall–Kier alpha value is -2.62. The molecular formula is C20H23N5O. The summed E-state index contributed by atoms with van der Waals surface area (Å²) in [5.74, 6) is 0.443. The molecule has 0 radical (unpaired) electrons. The van der Waals surface area contributed by atoms with Crippen LogP contribution < -0.4 is 5.32 Å². The van der Waals surface area contributed by atoms with Crippen molar-refractivity contribution in [2.75, 3.05) is 0 Å². The molecule has 1 aliphatic rings. The fourth-order valence-corrected chi connectivity index (χ4v) is 4.17. The first kappa shape index (κ1) is 16.8. The van der Waals surface area contributed by atoms with Gasteiger partial charge in [-0.1, -0.05) is 6.07 Å². The predicted molar refractivity (Wildman–Crippen MR) is 98.4 cm³/mol. The maximum absolute atomic E-state index is 10.5. The van der Waals surface area contributed by atoms with Crippen LogP contribution in [0.4, 0.5) is 0 Å². The number of aromatic nitrogens is 3. The molecule has 0 aromatic carbocycles. The van der Waals surface area contributed by atoms with Gasteiger partial charge in [-0.2, -0.15) is 5.26 Å². The fourth-order valence-electron chi connectivity index (χ4n) is 4.17. The van der Waals surface area contributed by atoms with Gasteiger partial charge >= 0.3 is 0 Å². The zero-order valence-corrected chi connectivity index (χ0v) is 14.8. The lowest BCUT2D eigenvalue weighted by molar-refractivity contribution is 0.145. The Kier molecular flexibility index (Phi) is 4.49. The molecule has 4 rings (SSSR count). The Balaban J connectivity index is 1.47. The molecule has 2 N–H and O–H groups in total. The molecular weight excluding hydrogens is 326 g/mol. The van der Waals surface area contributed by atoms with Gasteiger partial charge in [0.05, 0.1) is 17.9 Å². The minimum atomic E-state index is -0.340. The summed E-state index contributed by atoms with van der Waals surface area (Å²) in [5.41, 5.74) is 3.87. The zero-order valence-electron chi connectivity index (χ0n) is 14.8. The number of pyridine rings is 1. The average molecular weight is 349 g/mol. The minimum Gasteiger partial charge on any atom is -0.391 e. The number of hydrogen-bond acceptors (Lipinski definition) is 4. The molecule has 1 fully saturated rings. The number of hydrogen-bond donors (Lipinski definition) is 2. The summed E-state index contributed by atoms with van der Waals surface area (Å²) in [6.07, 6.45) is 8.91. The Bertz CT molecular complexity index is 937. The third-order valence-electron chi connectivity index (χ3n) is 5.52. The molecule has 1 saturated carbocycles. The SMILES string of the molecule is Cc1c(CN[C@@H]2CC(Cn3ccnc3)C[C@H]2O)c2ccccn2c1C#N. The van der Waals surface area contributed by atoms with Crippen LogP contribution in [0.1, 0.15) is 29.7 Å². The first-order valence-electron chi connectivity index (χ1n) is 9.03. The van der Waals surface area contributed by atoms with E-state index in [2.05, 4.69) is 20.9 Å². The quantitative estimate of drug-likeness (QED) is 0.740. The molecule has 0 bridgehead atoms. The summed E-state index contributed by atoms with van der Waals surface area (Å²) in [4.78, 5) is 4.08. The van der Waals surface area contributed by atoms with E-state index in [1.165, 1.54) is 0 Å². The maximum Gasteiger partial charge on any atom is 0.128 e. The molecule has 0 amide bonds. The third-order valence-corrected chi connectivity index (χ3v) is 5.52. The van der Waals surface area contributed by atoms with E-state index in [1.807, 2.05) is 48.2 Å². The first-order chi connectivity index (χ1) is 12.7. The first-order valence-corrected chi connectivity index (χ1v) is 9.03. The number of nitrogens with zero attached hydrogens (tertiary/aromatic N) is 4. The number of aliphatic hydroxyl groups is 1. The largest absolute Gasteiger partial charge is 0.391 e. The molecule has 6 heteroatoms. The van der Waals surface area contributed by atoms with Gasteiger partial charge in [0, 0.05) is 37.7 Å². The normalized spacial score (nSPS) is 22.7. The van der Waals surface area contributed by atoms with Crippen molar-refractivity contribution in [2.45, 2.75) is 45.0 Å². The van der Waals surface area contributed by atoms with E-state index in [4.69, 9.17) is 0 Å². The monoisotopic (exact) mass is 349 g/mol. The molecule has 3 aromatic heterocycles. The molecule has 3 heterocycles. The van der Waals surface area contributed by atoms with Gasteiger partial charge in [-0.25, -0.2) is 4.98 Å². The summed E-state index contributed by atoms with van der Waals surface area (Å²) in [6, 6.07) is 8.35. The molecule has 0 spiro atoms. The number of fused-ring (bicyclic) bond motifs is 1. The van der Waals surface area contributed by atoms with Crippen LogP contribution in [0.15, 0.2) is 43.1 Å². The predicted octanol–water partition coefficient (Wildman–Crippen LogP) is 2.25. The Morgan fingerprint density at radius 2 is 2.23 bits per heavy atom. The smallest absolute Gasteiger partial charge is 0.128 e. The number of nitrogens with one attached hydrogen (secondary N) is 1. The third kappa shape index (κ3) is 3.00. The van der Waals surface area contributed by atoms with Crippen molar-refractivity contribution < 1.29 is 5.11 Å². The molecule has 0 saturated heterocycles. The maximum atomic E-state index is 10.5. The second kappa shape index (κ2) is 6.94. The van der Waals surface area contributed by atoms with Crippen molar-refractivity contribution in [2.24, 2.45) is 5.92 Å². The van der Waals surface area contributed by atoms with Gasteiger partial charge in [-0.05, 0) is 48.9 Å². The van der Waals surface area contributed by atoms with Gasteiger partial charge in [0.2, 0.25) is 0 Å². The van der Waals surface area contributed by atoms with E-state index in [1.54, 1.807) is 6.20 Å². The van der Waals surface area contributed by atoms with Crippen molar-refractivity contribution >= 4 is 5.52 Å². The van der Waals surface area contributed by atoms with Crippen LogP contribution in [-0.2, 0) is 13.1 Å². The Morgan fingerprint density at radius 1 is 1.35 bits per heavy atom. The van der Waals surface area contributed by atoms with Crippen molar-refractivity contribution in [1.29, 1.82) is 5.26 Å². The minimum absolute atomic E-state index is 0.0760. The lowest BCUT2D eigenvalue weighted by Gasteiger charge is -2.16. The summed E-state index contributed by atoms with van der Waals surface area (Å²) in [5, 5.41) is 23.5. The topological polar surface area (TPSA) is 78.3 Å². The molecule has 3 atom stereocenters. The van der Waals surface area contributed by atoms with Gasteiger partial charge in [0.15, 0.2) is 0 Å². The van der Waals surface area contributed by atoms with Crippen LogP contribution in [0, 0.1) is 24.2 Å². The Labute approximate surface area is 152 Å². The van der Waals surface area contributed by atoms with Crippen LogP contribution in [0.2, 0.25) is 0 Å². The number of rotatable bonds is 5. The van der Waals surface area contributed by atoms with E-state index < -0.39 is 0 Å². The Morgan fingerprint density at radius 3 is 3.00 bits per heavy atom. The van der Waals surface area contributed by atoms with Crippen molar-refractivity contribution in [3.05, 3.63) is 59.9 Å². The summed E-state index contributed by atoms with van der Waals surface area (Å²) in [6.45, 7) is 3.54. The molecule has 1 unspecified atom stereocenters. The van der Waals surface area contributed by atoms with E-state index in [-0.39, 0.29) is 12.1 Å². The summed E-state index contributed by atoms with van der Waals surface area (Å²) >= 11 is 0. The van der Waals surface area contributed by atoms with E-state index in [0.29, 0.717) is 18.2 Å². The van der Waals surface area contributed by atoms with Crippen LogP contribution in [0.25, 0.3) is 5.52 Å². The van der Waals surface area contributed by atoms with Crippen molar-refractivity contribution in [1.82, 2.24) is 19.3 Å². The molecule has 6 nitrogen and oxygen atoms in total. The second-order valence-corrected chi connectivity index (χ2v) is 7.17. The molecule has 1 aliphatic carbocycles. The molecule has 26 heavy (non-hydrogen) atoms. The van der Waals surface area contributed by atoms with Crippen molar-refractivity contribution in [3.8, 4) is 6.07 Å². The fraction of sp³-hybridized carbons (Fsp3) is 0.400. The van der Waals surface area contributed by atoms with Crippen LogP contribution in [-0.4, -0.2) is 31.2 Å². The number of aliphatic hydroxyl groups excluding tert-OH is 1. The van der Waals surface area contributed by atoms with Crippen LogP contribution in [0.3, 0.4) is 0 Å². The highest BCUT2D eigenvalue weighted by atomic mass is 16.3. The highest BCUT2D eigenvalue weighted by Gasteiger charge is 2.33. The molecule has 0 aliphatic heterocycles. The second-order valence-electron chi connectivity index (χ2n) is 7.17. The number of nitriles is 1. The molecule has 3 aromatic rings. The highest BCUT2D eigenvalue weighted by molar-refractivity contribution is 5.63. The summed E-state index contributed by atoms with van der Waals surface area (Å²) in [7, 11) is 0. The van der Waals surface area contributed by atoms with E-state index in [9.17, 15) is 10.4 Å². The standard InChI is InChI=1S/C20H23N5O/c1-14-16(18-4-2-3-6-25(18)19(14)10-21)11-23-17-8-15(9-20(17)26)12-24-7-5-22-13-24/h2-7,13,15,17,20,23,26H,8-9,11-12H2,1H3/t15?,17-,20-/m1/s1. The lowest BCUT2D eigenvalue weighted by atomic mass is 10.1. The lowest BCUT2D eigenvalue weighted by Crippen LogP contribution is -2.35. The van der Waals surface area contributed by atoms with E-state index in [0.717, 1.165) is 36.0 Å². The van der Waals surface area contributed by atoms with E-state index >= 15 is 0 Å². The van der Waals surface area contributed by atoms with Gasteiger partial charge in [0.1, 0.15) is 11.8 Å². The summed E-state index contributed by atoms with van der Waals surface area (Å²) < 4.78 is 4.02. The van der Waals surface area contributed by atoms with Crippen LogP contribution in [0.5, 0.6) is 0 Å². The van der Waals surface area contributed by atoms with Gasteiger partial charge in [0.25, 0.3) is 0 Å². The van der Waals surface area contributed by atoms with Crippen LogP contribution >= 0.6 is 0 Å². The highest BCUT2D eigenvalue weighted by Crippen LogP contribution is 2.29. The van der Waals surface area contributed by atoms with Gasteiger partial charge < -0.3 is 19.4 Å². The van der Waals surface area contributed by atoms with Crippen molar-refractivity contribution in [3.63, 3.8) is 0 Å². The average Bonchev–Trinajstić information content (AvgIpc) is 3.32.